The van der Waals surface area contributed by atoms with Gasteiger partial charge in [-0.05, 0) is 31.9 Å². The molecule has 0 bridgehead atoms. The number of carbonyl (C=O) groups is 1. The van der Waals surface area contributed by atoms with Crippen LogP contribution in [-0.2, 0) is 7.05 Å². The van der Waals surface area contributed by atoms with Crippen molar-refractivity contribution >= 4 is 22.8 Å². The molecule has 1 saturated heterocycles. The number of rotatable bonds is 2. The third kappa shape index (κ3) is 2.63. The highest BCUT2D eigenvalue weighted by Crippen LogP contribution is 2.29. The molecule has 3 aromatic rings. The number of aromatic nitrogens is 4. The fraction of sp³-hybridized carbons (Fsp3) is 0.412. The van der Waals surface area contributed by atoms with E-state index in [2.05, 4.69) is 10.1 Å². The Labute approximate surface area is 144 Å². The third-order valence-electron chi connectivity index (χ3n) is 4.80. The van der Waals surface area contributed by atoms with Gasteiger partial charge in [-0.1, -0.05) is 0 Å². The van der Waals surface area contributed by atoms with E-state index in [1.807, 2.05) is 24.1 Å². The smallest absolute Gasteiger partial charge is 0.291 e. The lowest BCUT2D eigenvalue weighted by Gasteiger charge is -2.32. The molecular weight excluding hydrogens is 320 g/mol. The maximum atomic E-state index is 12.7. The Morgan fingerprint density at radius 1 is 1.40 bits per heavy atom. The summed E-state index contributed by atoms with van der Waals surface area (Å²) in [7, 11) is 1.83. The van der Waals surface area contributed by atoms with Gasteiger partial charge in [-0.2, -0.15) is 5.10 Å². The summed E-state index contributed by atoms with van der Waals surface area (Å²) >= 11 is 0. The van der Waals surface area contributed by atoms with Crippen molar-refractivity contribution in [3.8, 4) is 0 Å². The normalized spacial score (nSPS) is 18.0. The van der Waals surface area contributed by atoms with Crippen molar-refractivity contribution in [3.05, 3.63) is 35.7 Å². The standard InChI is InChI=1S/C17H20N6O2/c1-10-14(25-9-19-10)17(24)23-7-3-4-11(8-23)13-6-5-12-15(18)21-22(2)16(12)20-13/h5-6,9,11H,3-4,7-8H2,1-2H3,(H2,18,21). The molecule has 1 fully saturated rings. The first-order valence-electron chi connectivity index (χ1n) is 8.33. The molecule has 0 radical (unpaired) electrons. The average Bonchev–Trinajstić information content (AvgIpc) is 3.17. The highest BCUT2D eigenvalue weighted by Gasteiger charge is 2.29. The van der Waals surface area contributed by atoms with Crippen LogP contribution in [0.2, 0.25) is 0 Å². The van der Waals surface area contributed by atoms with E-state index in [0.29, 0.717) is 23.8 Å². The molecular formula is C17H20N6O2. The van der Waals surface area contributed by atoms with Gasteiger partial charge in [-0.15, -0.1) is 0 Å². The molecule has 1 amide bonds. The van der Waals surface area contributed by atoms with Gasteiger partial charge in [0, 0.05) is 31.7 Å². The van der Waals surface area contributed by atoms with Crippen molar-refractivity contribution in [2.45, 2.75) is 25.7 Å². The molecule has 2 N–H and O–H groups in total. The first kappa shape index (κ1) is 15.6. The number of carbonyl (C=O) groups excluding carboxylic acids is 1. The Morgan fingerprint density at radius 3 is 3.00 bits per heavy atom. The molecule has 1 atom stereocenters. The van der Waals surface area contributed by atoms with E-state index in [-0.39, 0.29) is 11.8 Å². The van der Waals surface area contributed by atoms with Crippen LogP contribution in [0.4, 0.5) is 5.82 Å². The largest absolute Gasteiger partial charge is 0.438 e. The molecule has 8 heteroatoms. The minimum absolute atomic E-state index is 0.106. The Bertz CT molecular complexity index is 944. The quantitative estimate of drug-likeness (QED) is 0.764. The van der Waals surface area contributed by atoms with Crippen LogP contribution in [0.15, 0.2) is 22.9 Å². The van der Waals surface area contributed by atoms with E-state index >= 15 is 0 Å². The summed E-state index contributed by atoms with van der Waals surface area (Å²) in [5.74, 6) is 0.883. The zero-order valence-electron chi connectivity index (χ0n) is 14.3. The van der Waals surface area contributed by atoms with Gasteiger partial charge in [0.05, 0.1) is 11.1 Å². The van der Waals surface area contributed by atoms with E-state index in [4.69, 9.17) is 15.1 Å². The predicted molar refractivity (Wildman–Crippen MR) is 92.0 cm³/mol. The van der Waals surface area contributed by atoms with Gasteiger partial charge in [0.2, 0.25) is 5.76 Å². The summed E-state index contributed by atoms with van der Waals surface area (Å²) in [6.45, 7) is 3.11. The number of nitrogens with zero attached hydrogens (tertiary/aromatic N) is 5. The van der Waals surface area contributed by atoms with Crippen LogP contribution in [0.25, 0.3) is 11.0 Å². The van der Waals surface area contributed by atoms with E-state index in [1.165, 1.54) is 6.39 Å². The molecule has 4 rings (SSSR count). The summed E-state index contributed by atoms with van der Waals surface area (Å²) in [6.07, 6.45) is 3.23. The molecule has 1 unspecified atom stereocenters. The number of fused-ring (bicyclic) bond motifs is 1. The van der Waals surface area contributed by atoms with E-state index in [1.54, 1.807) is 11.6 Å². The third-order valence-corrected chi connectivity index (χ3v) is 4.80. The van der Waals surface area contributed by atoms with Gasteiger partial charge in [-0.25, -0.2) is 14.6 Å². The second-order valence-corrected chi connectivity index (χ2v) is 6.47. The molecule has 1 aliphatic rings. The molecule has 3 aromatic heterocycles. The fourth-order valence-corrected chi connectivity index (χ4v) is 3.45. The van der Waals surface area contributed by atoms with Gasteiger partial charge >= 0.3 is 0 Å². The van der Waals surface area contributed by atoms with Gasteiger partial charge in [0.1, 0.15) is 0 Å². The number of oxazole rings is 1. The number of pyridine rings is 1. The number of amides is 1. The number of piperidine rings is 1. The summed E-state index contributed by atoms with van der Waals surface area (Å²) in [4.78, 5) is 23.2. The summed E-state index contributed by atoms with van der Waals surface area (Å²) in [6, 6.07) is 3.94. The molecule has 0 aromatic carbocycles. The van der Waals surface area contributed by atoms with Crippen LogP contribution in [0, 0.1) is 6.92 Å². The summed E-state index contributed by atoms with van der Waals surface area (Å²) in [5, 5.41) is 5.07. The number of likely N-dealkylation sites (tertiary alicyclic amines) is 1. The molecule has 1 aliphatic heterocycles. The summed E-state index contributed by atoms with van der Waals surface area (Å²) < 4.78 is 6.95. The van der Waals surface area contributed by atoms with Crippen molar-refractivity contribution in [1.29, 1.82) is 0 Å². The summed E-state index contributed by atoms with van der Waals surface area (Å²) in [5.41, 5.74) is 8.25. The highest BCUT2D eigenvalue weighted by molar-refractivity contribution is 5.92. The number of hydrogen-bond donors (Lipinski definition) is 1. The first-order chi connectivity index (χ1) is 12.0. The average molecular weight is 340 g/mol. The number of nitrogen functional groups attached to an aromatic ring is 1. The maximum Gasteiger partial charge on any atom is 0.291 e. The lowest BCUT2D eigenvalue weighted by atomic mass is 9.94. The second-order valence-electron chi connectivity index (χ2n) is 6.47. The fourth-order valence-electron chi connectivity index (χ4n) is 3.45. The molecule has 130 valence electrons. The zero-order valence-corrected chi connectivity index (χ0v) is 14.3. The highest BCUT2D eigenvalue weighted by atomic mass is 16.3. The van der Waals surface area contributed by atoms with E-state index in [0.717, 1.165) is 36.1 Å². The lowest BCUT2D eigenvalue weighted by Crippen LogP contribution is -2.39. The number of hydrogen-bond acceptors (Lipinski definition) is 6. The van der Waals surface area contributed by atoms with Gasteiger partial charge in [-0.3, -0.25) is 4.79 Å². The second kappa shape index (κ2) is 5.87. The Kier molecular flexibility index (Phi) is 3.67. The van der Waals surface area contributed by atoms with E-state index < -0.39 is 0 Å². The maximum absolute atomic E-state index is 12.7. The number of aryl methyl sites for hydroxylation is 2. The van der Waals surface area contributed by atoms with Crippen molar-refractivity contribution in [2.75, 3.05) is 18.8 Å². The van der Waals surface area contributed by atoms with Crippen molar-refractivity contribution in [1.82, 2.24) is 24.6 Å². The van der Waals surface area contributed by atoms with Crippen molar-refractivity contribution in [2.24, 2.45) is 7.05 Å². The topological polar surface area (TPSA) is 103 Å². The van der Waals surface area contributed by atoms with Crippen LogP contribution >= 0.6 is 0 Å². The monoisotopic (exact) mass is 340 g/mol. The first-order valence-corrected chi connectivity index (χ1v) is 8.33. The van der Waals surface area contributed by atoms with E-state index in [9.17, 15) is 4.79 Å². The van der Waals surface area contributed by atoms with Crippen LogP contribution in [0.3, 0.4) is 0 Å². The number of anilines is 1. The Morgan fingerprint density at radius 2 is 2.24 bits per heavy atom. The predicted octanol–water partition coefficient (Wildman–Crippen LogP) is 1.87. The van der Waals surface area contributed by atoms with Crippen LogP contribution in [0.1, 0.15) is 40.7 Å². The molecule has 0 aliphatic carbocycles. The van der Waals surface area contributed by atoms with Gasteiger partial charge in [0.15, 0.2) is 17.9 Å². The molecule has 0 saturated carbocycles. The molecule has 8 nitrogen and oxygen atoms in total. The van der Waals surface area contributed by atoms with Crippen LogP contribution < -0.4 is 5.73 Å². The van der Waals surface area contributed by atoms with Crippen LogP contribution in [-0.4, -0.2) is 43.6 Å². The minimum atomic E-state index is -0.106. The lowest BCUT2D eigenvalue weighted by molar-refractivity contribution is 0.0672. The van der Waals surface area contributed by atoms with Gasteiger partial charge < -0.3 is 15.1 Å². The molecule has 4 heterocycles. The molecule has 0 spiro atoms. The minimum Gasteiger partial charge on any atom is -0.438 e. The van der Waals surface area contributed by atoms with Crippen molar-refractivity contribution < 1.29 is 9.21 Å². The SMILES string of the molecule is Cc1ncoc1C(=O)N1CCCC(c2ccc3c(N)nn(C)c3n2)C1. The van der Waals surface area contributed by atoms with Gasteiger partial charge in [0.25, 0.3) is 5.91 Å². The van der Waals surface area contributed by atoms with Crippen LogP contribution in [0.5, 0.6) is 0 Å². The molecule has 25 heavy (non-hydrogen) atoms. The number of nitrogens with two attached hydrogens (primary N) is 1. The Hall–Kier alpha value is -2.90. The zero-order chi connectivity index (χ0) is 17.6. The van der Waals surface area contributed by atoms with Crippen molar-refractivity contribution in [3.63, 3.8) is 0 Å². The Balaban J connectivity index is 1.60.